The van der Waals surface area contributed by atoms with Crippen LogP contribution < -0.4 is 5.73 Å². The maximum Gasteiger partial charge on any atom is 0.290 e. The molecule has 1 heterocycles. The third kappa shape index (κ3) is 2.08. The standard InChI is InChI=1S/C13H12N2O2/c1-3-6-15(2)13(16)12-8-9-7-10(14)4-5-11(9)17-12/h1,4-5,7-8H,6,14H2,2H3. The normalized spacial score (nSPS) is 10.1. The van der Waals surface area contributed by atoms with Crippen LogP contribution in [0.5, 0.6) is 0 Å². The number of hydrogen-bond acceptors (Lipinski definition) is 3. The van der Waals surface area contributed by atoms with Crippen LogP contribution in [0.15, 0.2) is 28.7 Å². The quantitative estimate of drug-likeness (QED) is 0.629. The lowest BCUT2D eigenvalue weighted by atomic mass is 10.2. The van der Waals surface area contributed by atoms with Crippen LogP contribution in [-0.4, -0.2) is 24.4 Å². The monoisotopic (exact) mass is 228 g/mol. The Bertz CT molecular complexity index is 607. The Labute approximate surface area is 99.0 Å². The van der Waals surface area contributed by atoms with Gasteiger partial charge in [-0.1, -0.05) is 5.92 Å². The molecule has 0 fully saturated rings. The molecule has 17 heavy (non-hydrogen) atoms. The SMILES string of the molecule is C#CCN(C)C(=O)c1cc2cc(N)ccc2o1. The fraction of sp³-hybridized carbons (Fsp3) is 0.154. The molecule has 0 saturated heterocycles. The molecule has 0 spiro atoms. The summed E-state index contributed by atoms with van der Waals surface area (Å²) in [4.78, 5) is 13.3. The number of nitrogen functional groups attached to an aromatic ring is 1. The van der Waals surface area contributed by atoms with Crippen molar-refractivity contribution in [1.29, 1.82) is 0 Å². The first-order valence-corrected chi connectivity index (χ1v) is 5.10. The summed E-state index contributed by atoms with van der Waals surface area (Å²) in [6.45, 7) is 0.248. The maximum absolute atomic E-state index is 11.9. The van der Waals surface area contributed by atoms with Gasteiger partial charge in [0.05, 0.1) is 6.54 Å². The average Bonchev–Trinajstić information content (AvgIpc) is 2.71. The number of terminal acetylenes is 1. The van der Waals surface area contributed by atoms with E-state index in [-0.39, 0.29) is 18.2 Å². The largest absolute Gasteiger partial charge is 0.451 e. The molecule has 1 amide bonds. The highest BCUT2D eigenvalue weighted by Crippen LogP contribution is 2.22. The summed E-state index contributed by atoms with van der Waals surface area (Å²) >= 11 is 0. The number of fused-ring (bicyclic) bond motifs is 1. The van der Waals surface area contributed by atoms with Crippen LogP contribution in [0.4, 0.5) is 5.69 Å². The van der Waals surface area contributed by atoms with E-state index in [2.05, 4.69) is 5.92 Å². The van der Waals surface area contributed by atoms with Crippen molar-refractivity contribution < 1.29 is 9.21 Å². The molecule has 0 bridgehead atoms. The Morgan fingerprint density at radius 2 is 2.29 bits per heavy atom. The van der Waals surface area contributed by atoms with Gasteiger partial charge in [0.1, 0.15) is 5.58 Å². The van der Waals surface area contributed by atoms with Crippen LogP contribution in [0.25, 0.3) is 11.0 Å². The second kappa shape index (κ2) is 4.22. The Kier molecular flexibility index (Phi) is 2.75. The molecule has 0 saturated carbocycles. The van der Waals surface area contributed by atoms with Gasteiger partial charge in [-0.15, -0.1) is 6.42 Å². The summed E-state index contributed by atoms with van der Waals surface area (Å²) in [6.07, 6.45) is 5.15. The molecule has 1 aromatic carbocycles. The molecule has 0 aliphatic rings. The highest BCUT2D eigenvalue weighted by molar-refractivity contribution is 5.96. The van der Waals surface area contributed by atoms with Crippen molar-refractivity contribution in [3.05, 3.63) is 30.0 Å². The second-order valence-corrected chi connectivity index (χ2v) is 3.77. The van der Waals surface area contributed by atoms with Crippen molar-refractivity contribution in [1.82, 2.24) is 4.90 Å². The number of carbonyl (C=O) groups is 1. The summed E-state index contributed by atoms with van der Waals surface area (Å²) < 4.78 is 5.44. The Morgan fingerprint density at radius 3 is 3.00 bits per heavy atom. The third-order valence-electron chi connectivity index (χ3n) is 2.43. The van der Waals surface area contributed by atoms with E-state index in [4.69, 9.17) is 16.6 Å². The van der Waals surface area contributed by atoms with Gasteiger partial charge in [-0.3, -0.25) is 4.79 Å². The summed E-state index contributed by atoms with van der Waals surface area (Å²) in [5.41, 5.74) is 6.92. The van der Waals surface area contributed by atoms with E-state index in [9.17, 15) is 4.79 Å². The van der Waals surface area contributed by atoms with E-state index in [1.54, 1.807) is 31.3 Å². The Morgan fingerprint density at radius 1 is 1.53 bits per heavy atom. The Hall–Kier alpha value is -2.41. The first-order valence-electron chi connectivity index (χ1n) is 5.10. The van der Waals surface area contributed by atoms with E-state index in [0.29, 0.717) is 11.3 Å². The topological polar surface area (TPSA) is 59.5 Å². The zero-order chi connectivity index (χ0) is 12.4. The van der Waals surface area contributed by atoms with Gasteiger partial charge in [0.2, 0.25) is 0 Å². The van der Waals surface area contributed by atoms with Crippen molar-refractivity contribution in [3.8, 4) is 12.3 Å². The highest BCUT2D eigenvalue weighted by Gasteiger charge is 2.15. The molecule has 86 valence electrons. The first-order chi connectivity index (χ1) is 8.11. The highest BCUT2D eigenvalue weighted by atomic mass is 16.3. The minimum absolute atomic E-state index is 0.238. The number of anilines is 1. The van der Waals surface area contributed by atoms with E-state index in [1.807, 2.05) is 0 Å². The van der Waals surface area contributed by atoms with Crippen molar-refractivity contribution in [2.45, 2.75) is 0 Å². The van der Waals surface area contributed by atoms with Crippen LogP contribution in [0.1, 0.15) is 10.6 Å². The zero-order valence-corrected chi connectivity index (χ0v) is 9.43. The lowest BCUT2D eigenvalue weighted by molar-refractivity contribution is 0.0784. The van der Waals surface area contributed by atoms with E-state index < -0.39 is 0 Å². The first kappa shape index (κ1) is 11.1. The maximum atomic E-state index is 11.9. The fourth-order valence-corrected chi connectivity index (χ4v) is 1.56. The zero-order valence-electron chi connectivity index (χ0n) is 9.43. The minimum atomic E-state index is -0.238. The number of hydrogen-bond donors (Lipinski definition) is 1. The predicted octanol–water partition coefficient (Wildman–Crippen LogP) is 1.72. The van der Waals surface area contributed by atoms with Crippen molar-refractivity contribution in [3.63, 3.8) is 0 Å². The number of nitrogens with two attached hydrogens (primary N) is 1. The lowest BCUT2D eigenvalue weighted by Gasteiger charge is -2.10. The number of benzene rings is 1. The van der Waals surface area contributed by atoms with Gasteiger partial charge < -0.3 is 15.1 Å². The minimum Gasteiger partial charge on any atom is -0.451 e. The molecule has 0 radical (unpaired) electrons. The van der Waals surface area contributed by atoms with Gasteiger partial charge in [0.15, 0.2) is 5.76 Å². The lowest BCUT2D eigenvalue weighted by Crippen LogP contribution is -2.26. The van der Waals surface area contributed by atoms with Crippen molar-refractivity contribution in [2.24, 2.45) is 0 Å². The van der Waals surface area contributed by atoms with Crippen LogP contribution in [0.2, 0.25) is 0 Å². The number of nitrogens with zero attached hydrogens (tertiary/aromatic N) is 1. The van der Waals surface area contributed by atoms with Crippen LogP contribution >= 0.6 is 0 Å². The number of amides is 1. The molecule has 4 heteroatoms. The molecule has 4 nitrogen and oxygen atoms in total. The molecular formula is C13H12N2O2. The predicted molar refractivity (Wildman–Crippen MR) is 66.4 cm³/mol. The fourth-order valence-electron chi connectivity index (χ4n) is 1.56. The average molecular weight is 228 g/mol. The number of furan rings is 1. The van der Waals surface area contributed by atoms with E-state index >= 15 is 0 Å². The second-order valence-electron chi connectivity index (χ2n) is 3.77. The molecule has 0 unspecified atom stereocenters. The molecule has 2 rings (SSSR count). The summed E-state index contributed by atoms with van der Waals surface area (Å²) in [7, 11) is 1.63. The van der Waals surface area contributed by atoms with E-state index in [0.717, 1.165) is 5.39 Å². The molecule has 1 aromatic heterocycles. The van der Waals surface area contributed by atoms with Gasteiger partial charge in [-0.2, -0.15) is 0 Å². The summed E-state index contributed by atoms with van der Waals surface area (Å²) in [5.74, 6) is 2.43. The van der Waals surface area contributed by atoms with Crippen molar-refractivity contribution in [2.75, 3.05) is 19.3 Å². The number of rotatable bonds is 2. The Balaban J connectivity index is 2.37. The third-order valence-corrected chi connectivity index (χ3v) is 2.43. The summed E-state index contributed by atoms with van der Waals surface area (Å²) in [5, 5.41) is 0.808. The molecular weight excluding hydrogens is 216 g/mol. The van der Waals surface area contributed by atoms with E-state index in [1.165, 1.54) is 4.90 Å². The van der Waals surface area contributed by atoms with Crippen LogP contribution in [-0.2, 0) is 0 Å². The van der Waals surface area contributed by atoms with Crippen LogP contribution in [0.3, 0.4) is 0 Å². The molecule has 0 aliphatic heterocycles. The smallest absolute Gasteiger partial charge is 0.290 e. The molecule has 2 N–H and O–H groups in total. The van der Waals surface area contributed by atoms with Crippen molar-refractivity contribution >= 4 is 22.6 Å². The van der Waals surface area contributed by atoms with Gasteiger partial charge in [0.25, 0.3) is 5.91 Å². The number of carbonyl (C=O) groups excluding carboxylic acids is 1. The van der Waals surface area contributed by atoms with Crippen LogP contribution in [0, 0.1) is 12.3 Å². The molecule has 0 aliphatic carbocycles. The van der Waals surface area contributed by atoms with Gasteiger partial charge in [-0.05, 0) is 24.3 Å². The molecule has 2 aromatic rings. The summed E-state index contributed by atoms with van der Waals surface area (Å²) in [6, 6.07) is 6.89. The molecule has 0 atom stereocenters. The van der Waals surface area contributed by atoms with Gasteiger partial charge in [0, 0.05) is 18.1 Å². The van der Waals surface area contributed by atoms with Gasteiger partial charge in [-0.25, -0.2) is 0 Å². The van der Waals surface area contributed by atoms with Gasteiger partial charge >= 0.3 is 0 Å².